The van der Waals surface area contributed by atoms with Crippen LogP contribution in [0.5, 0.6) is 0 Å². The van der Waals surface area contributed by atoms with Crippen molar-refractivity contribution in [3.63, 3.8) is 0 Å². The zero-order chi connectivity index (χ0) is 19.7. The number of halogens is 2. The summed E-state index contributed by atoms with van der Waals surface area (Å²) in [6.07, 6.45) is 0.135. The Hall–Kier alpha value is -3.02. The molecule has 1 aliphatic heterocycles. The third-order valence-electron chi connectivity index (χ3n) is 4.39. The molecule has 0 aromatic heterocycles. The zero-order valence-corrected chi connectivity index (χ0v) is 14.9. The maximum Gasteiger partial charge on any atom is 0.294 e. The van der Waals surface area contributed by atoms with Gasteiger partial charge in [0.05, 0.1) is 17.3 Å². The lowest BCUT2D eigenvalue weighted by molar-refractivity contribution is -0.118. The Morgan fingerprint density at radius 1 is 1.15 bits per heavy atom. The van der Waals surface area contributed by atoms with E-state index in [2.05, 4.69) is 0 Å². The van der Waals surface area contributed by atoms with Gasteiger partial charge in [0.1, 0.15) is 11.6 Å². The number of carbonyl (C=O) groups is 2. The summed E-state index contributed by atoms with van der Waals surface area (Å²) < 4.78 is 27.7. The van der Waals surface area contributed by atoms with Crippen LogP contribution < -0.4 is 4.90 Å². The minimum absolute atomic E-state index is 0.0148. The minimum Gasteiger partial charge on any atom is -0.503 e. The van der Waals surface area contributed by atoms with E-state index in [1.54, 1.807) is 30.3 Å². The summed E-state index contributed by atoms with van der Waals surface area (Å²) in [6, 6.07) is 10.4. The van der Waals surface area contributed by atoms with E-state index in [-0.39, 0.29) is 29.4 Å². The molecule has 0 spiro atoms. The molecule has 2 aromatic rings. The smallest absolute Gasteiger partial charge is 0.294 e. The first-order valence-corrected chi connectivity index (χ1v) is 8.61. The summed E-state index contributed by atoms with van der Waals surface area (Å²) in [7, 11) is 0. The van der Waals surface area contributed by atoms with Crippen LogP contribution >= 0.6 is 0 Å². The molecule has 0 aliphatic carbocycles. The predicted molar refractivity (Wildman–Crippen MR) is 97.1 cm³/mol. The number of benzene rings is 2. The molecular weight excluding hydrogens is 352 g/mol. The molecular formula is C21H19F2NO3. The zero-order valence-electron chi connectivity index (χ0n) is 14.9. The van der Waals surface area contributed by atoms with Crippen molar-refractivity contribution in [1.82, 2.24) is 0 Å². The van der Waals surface area contributed by atoms with Crippen molar-refractivity contribution < 1.29 is 23.5 Å². The van der Waals surface area contributed by atoms with E-state index in [9.17, 15) is 23.5 Å². The van der Waals surface area contributed by atoms with Gasteiger partial charge >= 0.3 is 0 Å². The van der Waals surface area contributed by atoms with Gasteiger partial charge in [-0.25, -0.2) is 8.78 Å². The number of nitrogens with zero attached hydrogens (tertiary/aromatic N) is 1. The second-order valence-corrected chi connectivity index (χ2v) is 6.87. The van der Waals surface area contributed by atoms with Gasteiger partial charge in [-0.15, -0.1) is 0 Å². The highest BCUT2D eigenvalue weighted by molar-refractivity contribution is 6.16. The van der Waals surface area contributed by atoms with Gasteiger partial charge < -0.3 is 5.11 Å². The fourth-order valence-electron chi connectivity index (χ4n) is 3.25. The molecule has 1 heterocycles. The van der Waals surface area contributed by atoms with Crippen molar-refractivity contribution in [3.05, 3.63) is 77.1 Å². The van der Waals surface area contributed by atoms with Crippen LogP contribution in [0.15, 0.2) is 59.9 Å². The number of aliphatic hydroxyl groups excluding tert-OH is 1. The highest BCUT2D eigenvalue weighted by atomic mass is 19.1. The summed E-state index contributed by atoms with van der Waals surface area (Å²) in [5.74, 6) is -3.68. The molecule has 0 bridgehead atoms. The molecule has 140 valence electrons. The summed E-state index contributed by atoms with van der Waals surface area (Å²) in [5, 5.41) is 10.4. The summed E-state index contributed by atoms with van der Waals surface area (Å²) in [4.78, 5) is 26.5. The van der Waals surface area contributed by atoms with Crippen LogP contribution in [0.4, 0.5) is 14.5 Å². The maximum atomic E-state index is 14.4. The topological polar surface area (TPSA) is 57.6 Å². The number of aliphatic hydroxyl groups is 1. The number of amides is 1. The van der Waals surface area contributed by atoms with Gasteiger partial charge in [0.2, 0.25) is 0 Å². The number of anilines is 1. The van der Waals surface area contributed by atoms with Gasteiger partial charge in [-0.05, 0) is 23.6 Å². The Bertz CT molecular complexity index is 922. The Kier molecular flexibility index (Phi) is 5.08. The second kappa shape index (κ2) is 7.31. The van der Waals surface area contributed by atoms with E-state index in [1.807, 2.05) is 13.8 Å². The van der Waals surface area contributed by atoms with Crippen LogP contribution in [-0.2, 0) is 9.59 Å². The molecule has 27 heavy (non-hydrogen) atoms. The van der Waals surface area contributed by atoms with Crippen LogP contribution in [0.3, 0.4) is 0 Å². The van der Waals surface area contributed by atoms with Gasteiger partial charge in [0.15, 0.2) is 11.5 Å². The second-order valence-electron chi connectivity index (χ2n) is 6.87. The quantitative estimate of drug-likeness (QED) is 0.843. The highest BCUT2D eigenvalue weighted by Gasteiger charge is 2.45. The van der Waals surface area contributed by atoms with E-state index in [0.29, 0.717) is 11.6 Å². The van der Waals surface area contributed by atoms with Crippen molar-refractivity contribution >= 4 is 17.4 Å². The Morgan fingerprint density at radius 3 is 2.41 bits per heavy atom. The summed E-state index contributed by atoms with van der Waals surface area (Å²) in [6.45, 7) is 3.70. The number of rotatable bonds is 5. The molecule has 0 saturated carbocycles. The van der Waals surface area contributed by atoms with E-state index in [0.717, 1.165) is 17.0 Å². The molecule has 1 unspecified atom stereocenters. The lowest BCUT2D eigenvalue weighted by Gasteiger charge is -2.27. The van der Waals surface area contributed by atoms with Gasteiger partial charge in [0.25, 0.3) is 5.91 Å². The molecule has 1 aliphatic rings. The van der Waals surface area contributed by atoms with Crippen molar-refractivity contribution in [3.8, 4) is 0 Å². The number of hydrogen-bond donors (Lipinski definition) is 1. The van der Waals surface area contributed by atoms with Gasteiger partial charge in [-0.2, -0.15) is 0 Å². The molecule has 0 fully saturated rings. The first-order valence-electron chi connectivity index (χ1n) is 8.61. The van der Waals surface area contributed by atoms with Gasteiger partial charge in [0, 0.05) is 12.5 Å². The highest BCUT2D eigenvalue weighted by Crippen LogP contribution is 2.42. The average Bonchev–Trinajstić information content (AvgIpc) is 2.87. The number of ketones is 1. The maximum absolute atomic E-state index is 14.4. The third-order valence-corrected chi connectivity index (χ3v) is 4.39. The molecule has 6 heteroatoms. The molecule has 0 saturated heterocycles. The Labute approximate surface area is 155 Å². The first-order chi connectivity index (χ1) is 12.8. The summed E-state index contributed by atoms with van der Waals surface area (Å²) >= 11 is 0. The first kappa shape index (κ1) is 18.8. The number of carbonyl (C=O) groups excluding carboxylic acids is 2. The fraction of sp³-hybridized carbons (Fsp3) is 0.238. The molecule has 4 nitrogen and oxygen atoms in total. The van der Waals surface area contributed by atoms with Crippen molar-refractivity contribution in [2.45, 2.75) is 26.3 Å². The lowest BCUT2D eigenvalue weighted by atomic mass is 9.92. The van der Waals surface area contributed by atoms with E-state index in [1.165, 1.54) is 0 Å². The standard InChI is InChI=1S/C21H19F2NO3/c1-12(2)10-17(25)18-19(13-6-4-3-5-7-13)24(21(27)20(18)26)16-9-8-14(22)11-15(16)23/h3-9,11-12,19,26H,10H2,1-2H3. The van der Waals surface area contributed by atoms with E-state index >= 15 is 0 Å². The van der Waals surface area contributed by atoms with E-state index in [4.69, 9.17) is 0 Å². The Morgan fingerprint density at radius 2 is 1.81 bits per heavy atom. The number of hydrogen-bond acceptors (Lipinski definition) is 3. The monoisotopic (exact) mass is 371 g/mol. The summed E-state index contributed by atoms with van der Waals surface area (Å²) in [5.41, 5.74) is 0.281. The SMILES string of the molecule is CC(C)CC(=O)C1=C(O)C(=O)N(c2ccc(F)cc2F)C1c1ccccc1. The van der Waals surface area contributed by atoms with Crippen molar-refractivity contribution in [1.29, 1.82) is 0 Å². The fourth-order valence-corrected chi connectivity index (χ4v) is 3.25. The van der Waals surface area contributed by atoms with Crippen LogP contribution in [0.25, 0.3) is 0 Å². The lowest BCUT2D eigenvalue weighted by Crippen LogP contribution is -2.32. The normalized spacial score (nSPS) is 17.1. The van der Waals surface area contributed by atoms with Gasteiger partial charge in [-0.1, -0.05) is 44.2 Å². The number of Topliss-reactive ketones (excluding diaryl/α,β-unsaturated/α-hetero) is 1. The van der Waals surface area contributed by atoms with Crippen molar-refractivity contribution in [2.24, 2.45) is 5.92 Å². The van der Waals surface area contributed by atoms with Crippen LogP contribution in [0.1, 0.15) is 31.9 Å². The third kappa shape index (κ3) is 3.47. The molecule has 3 rings (SSSR count). The molecule has 0 radical (unpaired) electrons. The average molecular weight is 371 g/mol. The minimum atomic E-state index is -0.982. The van der Waals surface area contributed by atoms with Crippen molar-refractivity contribution in [2.75, 3.05) is 4.90 Å². The van der Waals surface area contributed by atoms with Crippen LogP contribution in [0, 0.1) is 17.6 Å². The Balaban J connectivity index is 2.16. The molecule has 1 N–H and O–H groups in total. The molecule has 1 atom stereocenters. The molecule has 1 amide bonds. The van der Waals surface area contributed by atoms with Crippen LogP contribution in [-0.4, -0.2) is 16.8 Å². The van der Waals surface area contributed by atoms with Crippen LogP contribution in [0.2, 0.25) is 0 Å². The van der Waals surface area contributed by atoms with Gasteiger partial charge in [-0.3, -0.25) is 14.5 Å². The predicted octanol–water partition coefficient (Wildman–Crippen LogP) is 4.48. The van der Waals surface area contributed by atoms with E-state index < -0.39 is 29.3 Å². The largest absolute Gasteiger partial charge is 0.503 e. The molecule has 2 aromatic carbocycles.